The second-order valence-corrected chi connectivity index (χ2v) is 8.75. The van der Waals surface area contributed by atoms with E-state index in [4.69, 9.17) is 27.9 Å². The molecule has 0 bridgehead atoms. The molecule has 1 saturated heterocycles. The predicted molar refractivity (Wildman–Crippen MR) is 125 cm³/mol. The third-order valence-corrected chi connectivity index (χ3v) is 6.17. The minimum atomic E-state index is -0.500. The zero-order valence-corrected chi connectivity index (χ0v) is 18.9. The summed E-state index contributed by atoms with van der Waals surface area (Å²) in [6.07, 6.45) is 1.53. The summed E-state index contributed by atoms with van der Waals surface area (Å²) in [6.45, 7) is 0.164. The van der Waals surface area contributed by atoms with Crippen LogP contribution in [-0.4, -0.2) is 16.0 Å². The van der Waals surface area contributed by atoms with E-state index < -0.39 is 17.0 Å². The van der Waals surface area contributed by atoms with Gasteiger partial charge in [0.1, 0.15) is 12.4 Å². The Hall–Kier alpha value is -2.80. The molecule has 1 aliphatic rings. The van der Waals surface area contributed by atoms with Crippen LogP contribution in [0, 0.1) is 5.82 Å². The molecule has 4 nitrogen and oxygen atoms in total. The van der Waals surface area contributed by atoms with Crippen LogP contribution in [0.25, 0.3) is 6.08 Å². The van der Waals surface area contributed by atoms with Gasteiger partial charge in [-0.05, 0) is 47.2 Å². The van der Waals surface area contributed by atoms with Gasteiger partial charge in [0, 0.05) is 5.56 Å². The SMILES string of the molecule is O=C1S/C(=C\c2cc(Cl)c(OCc3ccccc3)c(Cl)c2)C(=O)N1Cc1ccccc1F. The number of thioether (sulfide) groups is 1. The Labute approximate surface area is 198 Å². The van der Waals surface area contributed by atoms with Crippen molar-refractivity contribution >= 4 is 52.2 Å². The molecule has 0 aliphatic carbocycles. The van der Waals surface area contributed by atoms with E-state index in [1.54, 1.807) is 24.3 Å². The number of amides is 2. The fraction of sp³-hybridized carbons (Fsp3) is 0.0833. The van der Waals surface area contributed by atoms with Crippen molar-refractivity contribution in [2.24, 2.45) is 0 Å². The molecule has 4 rings (SSSR count). The molecule has 0 saturated carbocycles. The van der Waals surface area contributed by atoms with Crippen molar-refractivity contribution in [2.45, 2.75) is 13.2 Å². The van der Waals surface area contributed by atoms with Crippen molar-refractivity contribution in [1.29, 1.82) is 0 Å². The second-order valence-electron chi connectivity index (χ2n) is 6.95. The molecule has 32 heavy (non-hydrogen) atoms. The van der Waals surface area contributed by atoms with Gasteiger partial charge in [0.2, 0.25) is 0 Å². The second kappa shape index (κ2) is 9.77. The quantitative estimate of drug-likeness (QED) is 0.353. The highest BCUT2D eigenvalue weighted by molar-refractivity contribution is 8.18. The third kappa shape index (κ3) is 4.99. The molecule has 0 spiro atoms. The monoisotopic (exact) mass is 487 g/mol. The Morgan fingerprint density at radius 2 is 1.62 bits per heavy atom. The summed E-state index contributed by atoms with van der Waals surface area (Å²) < 4.78 is 19.7. The van der Waals surface area contributed by atoms with Crippen LogP contribution in [0.2, 0.25) is 10.0 Å². The summed E-state index contributed by atoms with van der Waals surface area (Å²) in [6, 6.07) is 18.8. The fourth-order valence-electron chi connectivity index (χ4n) is 3.12. The maximum Gasteiger partial charge on any atom is 0.293 e. The Balaban J connectivity index is 1.51. The van der Waals surface area contributed by atoms with Gasteiger partial charge in [-0.3, -0.25) is 14.5 Å². The van der Waals surface area contributed by atoms with Gasteiger partial charge in [-0.1, -0.05) is 71.7 Å². The number of carbonyl (C=O) groups excluding carboxylic acids is 2. The maximum absolute atomic E-state index is 13.9. The molecule has 162 valence electrons. The van der Waals surface area contributed by atoms with Gasteiger partial charge >= 0.3 is 0 Å². The van der Waals surface area contributed by atoms with Gasteiger partial charge in [-0.25, -0.2) is 4.39 Å². The number of ether oxygens (including phenoxy) is 1. The van der Waals surface area contributed by atoms with Crippen molar-refractivity contribution in [3.8, 4) is 5.75 Å². The Bertz CT molecular complexity index is 1190. The summed E-state index contributed by atoms with van der Waals surface area (Å²) in [4.78, 5) is 26.3. The first-order valence-electron chi connectivity index (χ1n) is 9.57. The predicted octanol–water partition coefficient (Wildman–Crippen LogP) is 6.95. The Morgan fingerprint density at radius 1 is 0.969 bits per heavy atom. The smallest absolute Gasteiger partial charge is 0.293 e. The first-order chi connectivity index (χ1) is 15.4. The van der Waals surface area contributed by atoms with Crippen LogP contribution < -0.4 is 4.74 Å². The molecule has 8 heteroatoms. The molecular weight excluding hydrogens is 472 g/mol. The van der Waals surface area contributed by atoms with Crippen LogP contribution in [0.1, 0.15) is 16.7 Å². The average molecular weight is 488 g/mol. The van der Waals surface area contributed by atoms with Gasteiger partial charge in [0.05, 0.1) is 21.5 Å². The molecule has 0 aromatic heterocycles. The van der Waals surface area contributed by atoms with Crippen LogP contribution in [0.4, 0.5) is 9.18 Å². The van der Waals surface area contributed by atoms with E-state index in [9.17, 15) is 14.0 Å². The molecule has 0 radical (unpaired) electrons. The molecule has 1 fully saturated rings. The molecular formula is C24H16Cl2FNO3S. The lowest BCUT2D eigenvalue weighted by Crippen LogP contribution is -2.27. The highest BCUT2D eigenvalue weighted by Crippen LogP contribution is 2.38. The minimum absolute atomic E-state index is 0.136. The van der Waals surface area contributed by atoms with E-state index >= 15 is 0 Å². The van der Waals surface area contributed by atoms with Gasteiger partial charge in [0.15, 0.2) is 5.75 Å². The number of nitrogens with zero attached hydrogens (tertiary/aromatic N) is 1. The Morgan fingerprint density at radius 3 is 2.31 bits per heavy atom. The summed E-state index contributed by atoms with van der Waals surface area (Å²) in [5, 5.41) is 0.0973. The zero-order valence-electron chi connectivity index (χ0n) is 16.6. The van der Waals surface area contributed by atoms with Crippen LogP contribution in [-0.2, 0) is 17.9 Å². The molecule has 1 aliphatic heterocycles. The first-order valence-corrected chi connectivity index (χ1v) is 11.1. The largest absolute Gasteiger partial charge is 0.486 e. The third-order valence-electron chi connectivity index (χ3n) is 4.70. The van der Waals surface area contributed by atoms with Crippen molar-refractivity contribution in [1.82, 2.24) is 4.90 Å². The number of rotatable bonds is 6. The van der Waals surface area contributed by atoms with E-state index in [1.807, 2.05) is 30.3 Å². The summed E-state index contributed by atoms with van der Waals surface area (Å²) >= 11 is 13.5. The summed E-state index contributed by atoms with van der Waals surface area (Å²) in [5.74, 6) is -0.637. The molecule has 3 aromatic carbocycles. The number of benzene rings is 3. The van der Waals surface area contributed by atoms with E-state index in [0.29, 0.717) is 17.9 Å². The standard InChI is InChI=1S/C24H16Cl2FNO3S/c25-18-10-16(11-19(26)22(18)31-14-15-6-2-1-3-7-15)12-21-23(29)28(24(30)32-21)13-17-8-4-5-9-20(17)27/h1-12H,13-14H2/b21-12-. The highest BCUT2D eigenvalue weighted by Gasteiger charge is 2.35. The van der Waals surface area contributed by atoms with Gasteiger partial charge in [-0.15, -0.1) is 0 Å². The van der Waals surface area contributed by atoms with Crippen LogP contribution in [0.3, 0.4) is 0 Å². The normalized spacial score (nSPS) is 15.0. The minimum Gasteiger partial charge on any atom is -0.486 e. The Kier molecular flexibility index (Phi) is 6.84. The molecule has 0 atom stereocenters. The van der Waals surface area contributed by atoms with Crippen molar-refractivity contribution in [3.05, 3.63) is 104 Å². The number of imide groups is 1. The van der Waals surface area contributed by atoms with Gasteiger partial charge in [0.25, 0.3) is 11.1 Å². The van der Waals surface area contributed by atoms with Crippen LogP contribution >= 0.6 is 35.0 Å². The number of halogens is 3. The van der Waals surface area contributed by atoms with Crippen molar-refractivity contribution < 1.29 is 18.7 Å². The van der Waals surface area contributed by atoms with Crippen molar-refractivity contribution in [2.75, 3.05) is 0 Å². The summed E-state index contributed by atoms with van der Waals surface area (Å²) in [7, 11) is 0. The number of hydrogen-bond acceptors (Lipinski definition) is 4. The first kappa shape index (κ1) is 22.4. The lowest BCUT2D eigenvalue weighted by Gasteiger charge is -2.13. The van der Waals surface area contributed by atoms with E-state index in [0.717, 1.165) is 22.2 Å². The van der Waals surface area contributed by atoms with E-state index in [2.05, 4.69) is 0 Å². The molecule has 3 aromatic rings. The lowest BCUT2D eigenvalue weighted by atomic mass is 10.2. The topological polar surface area (TPSA) is 46.6 Å². The fourth-order valence-corrected chi connectivity index (χ4v) is 4.57. The van der Waals surface area contributed by atoms with Crippen molar-refractivity contribution in [3.63, 3.8) is 0 Å². The van der Waals surface area contributed by atoms with Gasteiger partial charge in [-0.2, -0.15) is 0 Å². The van der Waals surface area contributed by atoms with Crippen LogP contribution in [0.15, 0.2) is 71.6 Å². The molecule has 0 N–H and O–H groups in total. The molecule has 1 heterocycles. The number of hydrogen-bond donors (Lipinski definition) is 0. The average Bonchev–Trinajstić information content (AvgIpc) is 3.02. The van der Waals surface area contributed by atoms with Crippen LogP contribution in [0.5, 0.6) is 5.75 Å². The van der Waals surface area contributed by atoms with Gasteiger partial charge < -0.3 is 4.74 Å². The number of carbonyl (C=O) groups is 2. The zero-order chi connectivity index (χ0) is 22.7. The summed E-state index contributed by atoms with van der Waals surface area (Å²) in [5.41, 5.74) is 1.78. The lowest BCUT2D eigenvalue weighted by molar-refractivity contribution is -0.123. The molecule has 2 amide bonds. The highest BCUT2D eigenvalue weighted by atomic mass is 35.5. The maximum atomic E-state index is 13.9. The van der Waals surface area contributed by atoms with E-state index in [1.165, 1.54) is 18.2 Å². The molecule has 0 unspecified atom stereocenters. The van der Waals surface area contributed by atoms with E-state index in [-0.39, 0.29) is 27.1 Å².